The molecule has 2 atom stereocenters. The molecule has 0 unspecified atom stereocenters. The molecule has 0 radical (unpaired) electrons. The molecule has 0 saturated carbocycles. The molecule has 0 spiro atoms. The van der Waals surface area contributed by atoms with E-state index in [0.717, 1.165) is 18.4 Å². The van der Waals surface area contributed by atoms with Crippen molar-refractivity contribution in [1.82, 2.24) is 15.6 Å². The molecule has 1 fully saturated rings. The van der Waals surface area contributed by atoms with Crippen molar-refractivity contribution in [2.24, 2.45) is 0 Å². The van der Waals surface area contributed by atoms with Gasteiger partial charge in [-0.15, -0.1) is 0 Å². The lowest BCUT2D eigenvalue weighted by Gasteiger charge is -2.32. The summed E-state index contributed by atoms with van der Waals surface area (Å²) >= 11 is 0. The molecule has 0 bridgehead atoms. The first kappa shape index (κ1) is 20.6. The van der Waals surface area contributed by atoms with Gasteiger partial charge in [-0.2, -0.15) is 0 Å². The van der Waals surface area contributed by atoms with E-state index >= 15 is 0 Å². The van der Waals surface area contributed by atoms with Crippen LogP contribution in [0.3, 0.4) is 0 Å². The zero-order valence-corrected chi connectivity index (χ0v) is 16.5. The predicted octanol–water partition coefficient (Wildman–Crippen LogP) is 1.40. The van der Waals surface area contributed by atoms with Gasteiger partial charge in [0.1, 0.15) is 6.61 Å². The molecule has 8 nitrogen and oxygen atoms in total. The van der Waals surface area contributed by atoms with E-state index in [1.807, 2.05) is 18.3 Å². The SMILES string of the molecule is COc1ccc([C@H]2NC(=O)CO[C@@H]2C(=O)NCCCc2cccnc2)cc1OC. The molecule has 2 aromatic rings. The molecule has 3 rings (SSSR count). The lowest BCUT2D eigenvalue weighted by molar-refractivity contribution is -0.148. The first-order valence-electron chi connectivity index (χ1n) is 9.42. The Morgan fingerprint density at radius 2 is 2.10 bits per heavy atom. The van der Waals surface area contributed by atoms with Crippen LogP contribution < -0.4 is 20.1 Å². The number of hydrogen-bond acceptors (Lipinski definition) is 6. The van der Waals surface area contributed by atoms with Crippen molar-refractivity contribution in [2.75, 3.05) is 27.4 Å². The summed E-state index contributed by atoms with van der Waals surface area (Å²) in [5.41, 5.74) is 1.82. The number of aromatic nitrogens is 1. The normalized spacial score (nSPS) is 18.6. The molecule has 1 aromatic heterocycles. The highest BCUT2D eigenvalue weighted by molar-refractivity contribution is 5.86. The van der Waals surface area contributed by atoms with E-state index in [1.54, 1.807) is 31.5 Å². The smallest absolute Gasteiger partial charge is 0.251 e. The van der Waals surface area contributed by atoms with E-state index in [4.69, 9.17) is 14.2 Å². The van der Waals surface area contributed by atoms with Crippen LogP contribution >= 0.6 is 0 Å². The minimum Gasteiger partial charge on any atom is -0.493 e. The largest absolute Gasteiger partial charge is 0.493 e. The van der Waals surface area contributed by atoms with Crippen LogP contribution in [0.15, 0.2) is 42.7 Å². The van der Waals surface area contributed by atoms with Crippen molar-refractivity contribution in [3.8, 4) is 11.5 Å². The van der Waals surface area contributed by atoms with Crippen LogP contribution in [0.4, 0.5) is 0 Å². The molecule has 8 heteroatoms. The van der Waals surface area contributed by atoms with Crippen LogP contribution in [-0.2, 0) is 20.7 Å². The average Bonchev–Trinajstić information content (AvgIpc) is 2.76. The second-order valence-electron chi connectivity index (χ2n) is 6.65. The van der Waals surface area contributed by atoms with Crippen LogP contribution in [0.1, 0.15) is 23.6 Å². The number of amides is 2. The van der Waals surface area contributed by atoms with Crippen LogP contribution in [-0.4, -0.2) is 50.3 Å². The van der Waals surface area contributed by atoms with E-state index in [-0.39, 0.29) is 18.4 Å². The van der Waals surface area contributed by atoms with E-state index in [0.29, 0.717) is 23.6 Å². The standard InChI is InChI=1S/C21H25N3O5/c1-27-16-8-7-15(11-17(16)28-2)19-20(29-13-18(25)24-19)21(26)23-10-4-6-14-5-3-9-22-12-14/h3,5,7-9,11-12,19-20H,4,6,10,13H2,1-2H3,(H,23,26)(H,24,25)/t19-,20+/m1/s1. The Morgan fingerprint density at radius 1 is 1.28 bits per heavy atom. The predicted molar refractivity (Wildman–Crippen MR) is 106 cm³/mol. The number of ether oxygens (including phenoxy) is 3. The highest BCUT2D eigenvalue weighted by Crippen LogP contribution is 2.32. The molecule has 1 saturated heterocycles. The lowest BCUT2D eigenvalue weighted by atomic mass is 9.98. The Balaban J connectivity index is 1.64. The van der Waals surface area contributed by atoms with Gasteiger partial charge in [0.05, 0.1) is 20.3 Å². The number of nitrogens with zero attached hydrogens (tertiary/aromatic N) is 1. The molecule has 2 N–H and O–H groups in total. The number of carbonyl (C=O) groups excluding carboxylic acids is 2. The minimum absolute atomic E-state index is 0.155. The fourth-order valence-corrected chi connectivity index (χ4v) is 3.23. The van der Waals surface area contributed by atoms with Gasteiger partial charge in [-0.3, -0.25) is 14.6 Å². The summed E-state index contributed by atoms with van der Waals surface area (Å²) in [6, 6.07) is 8.53. The fraction of sp³-hybridized carbons (Fsp3) is 0.381. The number of methoxy groups -OCH3 is 2. The fourth-order valence-electron chi connectivity index (χ4n) is 3.23. The van der Waals surface area contributed by atoms with Gasteiger partial charge in [0.15, 0.2) is 17.6 Å². The van der Waals surface area contributed by atoms with Crippen molar-refractivity contribution in [3.05, 3.63) is 53.9 Å². The maximum absolute atomic E-state index is 12.7. The van der Waals surface area contributed by atoms with Crippen molar-refractivity contribution >= 4 is 11.8 Å². The third-order valence-corrected chi connectivity index (χ3v) is 4.70. The van der Waals surface area contributed by atoms with E-state index in [2.05, 4.69) is 15.6 Å². The van der Waals surface area contributed by atoms with Gasteiger partial charge in [0, 0.05) is 18.9 Å². The zero-order chi connectivity index (χ0) is 20.6. The Kier molecular flexibility index (Phi) is 7.02. The summed E-state index contributed by atoms with van der Waals surface area (Å²) in [6.07, 6.45) is 4.31. The van der Waals surface area contributed by atoms with Gasteiger partial charge in [0.2, 0.25) is 5.91 Å². The van der Waals surface area contributed by atoms with Crippen LogP contribution in [0.5, 0.6) is 11.5 Å². The third kappa shape index (κ3) is 5.23. The zero-order valence-electron chi connectivity index (χ0n) is 16.5. The summed E-state index contributed by atoms with van der Waals surface area (Å²) in [6.45, 7) is 0.345. The Bertz CT molecular complexity index is 843. The van der Waals surface area contributed by atoms with E-state index in [9.17, 15) is 9.59 Å². The molecular weight excluding hydrogens is 374 g/mol. The molecule has 1 aliphatic rings. The van der Waals surface area contributed by atoms with Crippen LogP contribution in [0.25, 0.3) is 0 Å². The molecule has 2 heterocycles. The quantitative estimate of drug-likeness (QED) is 0.651. The van der Waals surface area contributed by atoms with E-state index in [1.165, 1.54) is 7.11 Å². The number of nitrogens with one attached hydrogen (secondary N) is 2. The second-order valence-corrected chi connectivity index (χ2v) is 6.65. The van der Waals surface area contributed by atoms with Crippen LogP contribution in [0.2, 0.25) is 0 Å². The highest BCUT2D eigenvalue weighted by Gasteiger charge is 2.36. The summed E-state index contributed by atoms with van der Waals surface area (Å²) in [7, 11) is 3.08. The van der Waals surface area contributed by atoms with Crippen molar-refractivity contribution in [3.63, 3.8) is 0 Å². The Morgan fingerprint density at radius 3 is 2.83 bits per heavy atom. The van der Waals surface area contributed by atoms with Gasteiger partial charge in [-0.1, -0.05) is 12.1 Å². The van der Waals surface area contributed by atoms with E-state index < -0.39 is 12.1 Å². The summed E-state index contributed by atoms with van der Waals surface area (Å²) in [4.78, 5) is 28.7. The molecule has 0 aliphatic carbocycles. The monoisotopic (exact) mass is 399 g/mol. The number of rotatable bonds is 8. The van der Waals surface area contributed by atoms with Gasteiger partial charge in [-0.05, 0) is 42.2 Å². The number of morpholine rings is 1. The van der Waals surface area contributed by atoms with Gasteiger partial charge >= 0.3 is 0 Å². The molecule has 2 amide bonds. The number of carbonyl (C=O) groups is 2. The topological polar surface area (TPSA) is 98.8 Å². The molecule has 29 heavy (non-hydrogen) atoms. The lowest BCUT2D eigenvalue weighted by Crippen LogP contribution is -2.52. The van der Waals surface area contributed by atoms with Gasteiger partial charge < -0.3 is 24.8 Å². The Labute approximate surface area is 169 Å². The summed E-state index contributed by atoms with van der Waals surface area (Å²) < 4.78 is 16.1. The minimum atomic E-state index is -0.829. The van der Waals surface area contributed by atoms with Crippen molar-refractivity contribution in [1.29, 1.82) is 0 Å². The van der Waals surface area contributed by atoms with Crippen LogP contribution in [0, 0.1) is 0 Å². The van der Waals surface area contributed by atoms with Crippen molar-refractivity contribution < 1.29 is 23.8 Å². The molecule has 1 aliphatic heterocycles. The summed E-state index contributed by atoms with van der Waals surface area (Å²) in [5.74, 6) is 0.539. The number of aryl methyl sites for hydroxylation is 1. The number of benzene rings is 1. The third-order valence-electron chi connectivity index (χ3n) is 4.70. The summed E-state index contributed by atoms with van der Waals surface area (Å²) in [5, 5.41) is 5.74. The second kappa shape index (κ2) is 9.88. The molecule has 154 valence electrons. The Hall–Kier alpha value is -3.13. The maximum Gasteiger partial charge on any atom is 0.251 e. The maximum atomic E-state index is 12.7. The highest BCUT2D eigenvalue weighted by atomic mass is 16.5. The number of hydrogen-bond donors (Lipinski definition) is 2. The van der Waals surface area contributed by atoms with Gasteiger partial charge in [0.25, 0.3) is 5.91 Å². The first-order chi connectivity index (χ1) is 14.1. The first-order valence-corrected chi connectivity index (χ1v) is 9.42. The van der Waals surface area contributed by atoms with Gasteiger partial charge in [-0.25, -0.2) is 0 Å². The average molecular weight is 399 g/mol. The molecule has 1 aromatic carbocycles. The number of pyridine rings is 1. The van der Waals surface area contributed by atoms with Crippen molar-refractivity contribution in [2.45, 2.75) is 25.0 Å². The molecular formula is C21H25N3O5.